The van der Waals surface area contributed by atoms with Crippen LogP contribution in [0.3, 0.4) is 0 Å². The van der Waals surface area contributed by atoms with Crippen molar-refractivity contribution in [1.29, 1.82) is 0 Å². The normalized spacial score (nSPS) is 15.1. The van der Waals surface area contributed by atoms with Crippen molar-refractivity contribution >= 4 is 48.8 Å². The lowest BCUT2D eigenvalue weighted by Crippen LogP contribution is -2.37. The standard InChI is InChI=1S/C13H9BrFNO3S2/c14-12-3-4-13(20-12)21(18,19)16-6-5-11(17)9-7-8(15)1-2-10(9)16/h1-4,7H,5-6H2. The number of fused-ring (bicyclic) bond motifs is 1. The van der Waals surface area contributed by atoms with Crippen molar-refractivity contribution in [2.24, 2.45) is 0 Å². The fourth-order valence-corrected chi connectivity index (χ4v) is 5.81. The van der Waals surface area contributed by atoms with Gasteiger partial charge in [-0.15, -0.1) is 11.3 Å². The van der Waals surface area contributed by atoms with Crippen LogP contribution in [0.2, 0.25) is 0 Å². The van der Waals surface area contributed by atoms with E-state index in [0.29, 0.717) is 3.79 Å². The van der Waals surface area contributed by atoms with Gasteiger partial charge >= 0.3 is 0 Å². The topological polar surface area (TPSA) is 54.5 Å². The van der Waals surface area contributed by atoms with Gasteiger partial charge in [0.15, 0.2) is 5.78 Å². The first kappa shape index (κ1) is 14.7. The van der Waals surface area contributed by atoms with Crippen LogP contribution >= 0.6 is 27.3 Å². The first-order chi connectivity index (χ1) is 9.89. The largest absolute Gasteiger partial charge is 0.294 e. The molecule has 0 aliphatic carbocycles. The van der Waals surface area contributed by atoms with Gasteiger partial charge in [0.25, 0.3) is 10.0 Å². The maximum absolute atomic E-state index is 13.3. The quantitative estimate of drug-likeness (QED) is 0.790. The van der Waals surface area contributed by atoms with Gasteiger partial charge in [-0.05, 0) is 46.3 Å². The summed E-state index contributed by atoms with van der Waals surface area (Å²) < 4.78 is 40.7. The molecule has 21 heavy (non-hydrogen) atoms. The summed E-state index contributed by atoms with van der Waals surface area (Å²) in [6.45, 7) is 0.0648. The average molecular weight is 390 g/mol. The Kier molecular flexibility index (Phi) is 3.62. The fraction of sp³-hybridized carbons (Fsp3) is 0.154. The van der Waals surface area contributed by atoms with E-state index >= 15 is 0 Å². The molecule has 0 radical (unpaired) electrons. The highest BCUT2D eigenvalue weighted by molar-refractivity contribution is 9.11. The van der Waals surface area contributed by atoms with Gasteiger partial charge in [-0.1, -0.05) is 0 Å². The van der Waals surface area contributed by atoms with Crippen LogP contribution in [-0.2, 0) is 10.0 Å². The number of rotatable bonds is 2. The number of carbonyl (C=O) groups is 1. The second kappa shape index (κ2) is 5.19. The number of sulfonamides is 1. The highest BCUT2D eigenvalue weighted by Crippen LogP contribution is 2.35. The van der Waals surface area contributed by atoms with Crippen molar-refractivity contribution in [3.63, 3.8) is 0 Å². The van der Waals surface area contributed by atoms with Crippen LogP contribution in [0.4, 0.5) is 10.1 Å². The first-order valence-electron chi connectivity index (χ1n) is 6.00. The molecule has 1 aliphatic heterocycles. The molecule has 0 bridgehead atoms. The van der Waals surface area contributed by atoms with E-state index in [0.717, 1.165) is 23.5 Å². The van der Waals surface area contributed by atoms with E-state index in [2.05, 4.69) is 15.9 Å². The van der Waals surface area contributed by atoms with Gasteiger partial charge in [0.05, 0.1) is 9.47 Å². The molecule has 0 amide bonds. The van der Waals surface area contributed by atoms with Crippen molar-refractivity contribution in [2.45, 2.75) is 10.6 Å². The van der Waals surface area contributed by atoms with E-state index in [4.69, 9.17) is 0 Å². The Labute approximate surface area is 133 Å². The van der Waals surface area contributed by atoms with Crippen LogP contribution in [0.5, 0.6) is 0 Å². The number of halogens is 2. The number of hydrogen-bond donors (Lipinski definition) is 0. The molecule has 0 spiro atoms. The number of hydrogen-bond acceptors (Lipinski definition) is 4. The third-order valence-corrected chi connectivity index (χ3v) is 7.07. The maximum Gasteiger partial charge on any atom is 0.273 e. The molecule has 1 aromatic carbocycles. The lowest BCUT2D eigenvalue weighted by molar-refractivity contribution is 0.0981. The van der Waals surface area contributed by atoms with Gasteiger partial charge in [-0.25, -0.2) is 12.8 Å². The van der Waals surface area contributed by atoms with Gasteiger partial charge in [0, 0.05) is 18.5 Å². The van der Waals surface area contributed by atoms with Gasteiger partial charge in [0.1, 0.15) is 10.0 Å². The molecular weight excluding hydrogens is 381 g/mol. The average Bonchev–Trinajstić information content (AvgIpc) is 2.87. The molecule has 110 valence electrons. The highest BCUT2D eigenvalue weighted by Gasteiger charge is 2.33. The molecule has 3 rings (SSSR count). The van der Waals surface area contributed by atoms with Crippen molar-refractivity contribution in [1.82, 2.24) is 0 Å². The van der Waals surface area contributed by atoms with Crippen LogP contribution < -0.4 is 4.31 Å². The minimum Gasteiger partial charge on any atom is -0.294 e. The van der Waals surface area contributed by atoms with Crippen LogP contribution in [0, 0.1) is 5.82 Å². The zero-order chi connectivity index (χ0) is 15.2. The van der Waals surface area contributed by atoms with E-state index in [9.17, 15) is 17.6 Å². The summed E-state index contributed by atoms with van der Waals surface area (Å²) in [6, 6.07) is 6.73. The fourth-order valence-electron chi connectivity index (χ4n) is 2.20. The number of Topliss-reactive ketones (excluding diaryl/α,β-unsaturated/α-hetero) is 1. The molecule has 2 heterocycles. The molecule has 2 aromatic rings. The molecule has 0 saturated carbocycles. The molecule has 1 aliphatic rings. The lowest BCUT2D eigenvalue weighted by Gasteiger charge is -2.29. The molecular formula is C13H9BrFNO3S2. The monoisotopic (exact) mass is 389 g/mol. The van der Waals surface area contributed by atoms with Gasteiger partial charge in [-0.3, -0.25) is 9.10 Å². The summed E-state index contributed by atoms with van der Waals surface area (Å²) in [5.74, 6) is -0.802. The molecule has 0 unspecified atom stereocenters. The Morgan fingerprint density at radius 1 is 1.24 bits per heavy atom. The maximum atomic E-state index is 13.3. The molecule has 0 atom stereocenters. The van der Waals surface area contributed by atoms with E-state index in [1.165, 1.54) is 16.4 Å². The molecule has 1 aromatic heterocycles. The number of carbonyl (C=O) groups excluding carboxylic acids is 1. The van der Waals surface area contributed by atoms with Crippen LogP contribution in [0.15, 0.2) is 38.3 Å². The lowest BCUT2D eigenvalue weighted by atomic mass is 10.0. The third kappa shape index (κ3) is 2.51. The minimum atomic E-state index is -3.74. The Balaban J connectivity index is 2.13. The number of nitrogens with zero attached hydrogens (tertiary/aromatic N) is 1. The van der Waals surface area contributed by atoms with Gasteiger partial charge in [0.2, 0.25) is 0 Å². The molecule has 0 saturated heterocycles. The summed E-state index contributed by atoms with van der Waals surface area (Å²) in [5.41, 5.74) is 0.345. The summed E-state index contributed by atoms with van der Waals surface area (Å²) in [7, 11) is -3.74. The second-order valence-corrected chi connectivity index (χ2v) is 9.02. The summed E-state index contributed by atoms with van der Waals surface area (Å²) in [5, 5.41) is 0. The zero-order valence-corrected chi connectivity index (χ0v) is 13.8. The third-order valence-electron chi connectivity index (χ3n) is 3.16. The molecule has 0 fully saturated rings. The number of thiophene rings is 1. The van der Waals surface area contributed by atoms with Crippen molar-refractivity contribution in [3.8, 4) is 0 Å². The van der Waals surface area contributed by atoms with Crippen LogP contribution in [0.1, 0.15) is 16.8 Å². The smallest absolute Gasteiger partial charge is 0.273 e. The predicted molar refractivity (Wildman–Crippen MR) is 81.9 cm³/mol. The minimum absolute atomic E-state index is 0.0439. The second-order valence-electron chi connectivity index (χ2n) is 4.47. The predicted octanol–water partition coefficient (Wildman–Crippen LogP) is 3.43. The summed E-state index contributed by atoms with van der Waals surface area (Å²) in [6.07, 6.45) is 0.0439. The van der Waals surface area contributed by atoms with Gasteiger partial charge in [-0.2, -0.15) is 0 Å². The Hall–Kier alpha value is -1.25. The van der Waals surface area contributed by atoms with E-state index < -0.39 is 15.8 Å². The van der Waals surface area contributed by atoms with E-state index in [-0.39, 0.29) is 34.2 Å². The Morgan fingerprint density at radius 3 is 2.67 bits per heavy atom. The van der Waals surface area contributed by atoms with Crippen molar-refractivity contribution in [2.75, 3.05) is 10.8 Å². The number of anilines is 1. The highest BCUT2D eigenvalue weighted by atomic mass is 79.9. The molecule has 4 nitrogen and oxygen atoms in total. The number of benzene rings is 1. The Morgan fingerprint density at radius 2 is 2.00 bits per heavy atom. The first-order valence-corrected chi connectivity index (χ1v) is 9.05. The number of ketones is 1. The molecule has 0 N–H and O–H groups in total. The van der Waals surface area contributed by atoms with Crippen molar-refractivity contribution < 1.29 is 17.6 Å². The van der Waals surface area contributed by atoms with E-state index in [1.807, 2.05) is 0 Å². The Bertz CT molecular complexity index is 832. The van der Waals surface area contributed by atoms with Crippen molar-refractivity contribution in [3.05, 3.63) is 45.5 Å². The summed E-state index contributed by atoms with van der Waals surface area (Å²) >= 11 is 4.33. The van der Waals surface area contributed by atoms with Crippen LogP contribution in [0.25, 0.3) is 0 Å². The SMILES string of the molecule is O=C1CCN(S(=O)(=O)c2ccc(Br)s2)c2ccc(F)cc21. The van der Waals surface area contributed by atoms with Gasteiger partial charge < -0.3 is 0 Å². The zero-order valence-electron chi connectivity index (χ0n) is 10.5. The molecule has 8 heteroatoms. The summed E-state index contributed by atoms with van der Waals surface area (Å²) in [4.78, 5) is 11.9. The van der Waals surface area contributed by atoms with E-state index in [1.54, 1.807) is 6.07 Å². The van der Waals surface area contributed by atoms with Crippen LogP contribution in [-0.4, -0.2) is 20.7 Å².